The minimum atomic E-state index is -1.02. The first-order valence-corrected chi connectivity index (χ1v) is 5.18. The first kappa shape index (κ1) is 11.8. The van der Waals surface area contributed by atoms with Crippen LogP contribution in [0.25, 0.3) is 0 Å². The van der Waals surface area contributed by atoms with Crippen molar-refractivity contribution in [1.82, 2.24) is 9.55 Å². The zero-order chi connectivity index (χ0) is 13.1. The lowest BCUT2D eigenvalue weighted by atomic mass is 10.1. The van der Waals surface area contributed by atoms with Gasteiger partial charge < -0.3 is 5.11 Å². The molecule has 18 heavy (non-hydrogen) atoms. The number of nitrogens with zero attached hydrogens (tertiary/aromatic N) is 1. The number of aromatic amines is 1. The summed E-state index contributed by atoms with van der Waals surface area (Å²) in [4.78, 5) is 35.3. The van der Waals surface area contributed by atoms with Crippen LogP contribution in [-0.4, -0.2) is 20.6 Å². The summed E-state index contributed by atoms with van der Waals surface area (Å²) < 4.78 is 1.29. The van der Waals surface area contributed by atoms with Gasteiger partial charge in [0.05, 0.1) is 12.1 Å². The van der Waals surface area contributed by atoms with Crippen LogP contribution in [0.15, 0.2) is 46.1 Å². The Balaban J connectivity index is 2.34. The van der Waals surface area contributed by atoms with Gasteiger partial charge in [-0.2, -0.15) is 0 Å². The molecule has 0 amide bonds. The van der Waals surface area contributed by atoms with E-state index in [1.807, 2.05) is 0 Å². The normalized spacial score (nSPS) is 10.2. The van der Waals surface area contributed by atoms with E-state index in [9.17, 15) is 14.4 Å². The molecular weight excluding hydrogens is 236 g/mol. The van der Waals surface area contributed by atoms with Crippen LogP contribution in [0.1, 0.15) is 15.9 Å². The van der Waals surface area contributed by atoms with Gasteiger partial charge >= 0.3 is 11.7 Å². The predicted octanol–water partition coefficient (Wildman–Crippen LogP) is 0.283. The van der Waals surface area contributed by atoms with Crippen LogP contribution in [0, 0.1) is 0 Å². The first-order chi connectivity index (χ1) is 8.56. The first-order valence-electron chi connectivity index (χ1n) is 5.18. The van der Waals surface area contributed by atoms with Crippen molar-refractivity contribution in [2.75, 3.05) is 0 Å². The highest BCUT2D eigenvalue weighted by Crippen LogP contribution is 2.06. The molecule has 2 aromatic rings. The zero-order valence-corrected chi connectivity index (χ0v) is 9.29. The second-order valence-electron chi connectivity index (χ2n) is 3.74. The zero-order valence-electron chi connectivity index (χ0n) is 9.29. The monoisotopic (exact) mass is 246 g/mol. The van der Waals surface area contributed by atoms with Crippen molar-refractivity contribution >= 4 is 5.97 Å². The molecule has 0 bridgehead atoms. The van der Waals surface area contributed by atoms with E-state index in [4.69, 9.17) is 5.11 Å². The van der Waals surface area contributed by atoms with Crippen LogP contribution in [0.2, 0.25) is 0 Å². The van der Waals surface area contributed by atoms with Crippen molar-refractivity contribution in [1.29, 1.82) is 0 Å². The summed E-state index contributed by atoms with van der Waals surface area (Å²) in [5.74, 6) is -1.02. The van der Waals surface area contributed by atoms with Crippen molar-refractivity contribution in [2.24, 2.45) is 0 Å². The van der Waals surface area contributed by atoms with Crippen LogP contribution in [-0.2, 0) is 6.54 Å². The van der Waals surface area contributed by atoms with Gasteiger partial charge in [0.25, 0.3) is 5.56 Å². The Hall–Kier alpha value is -2.63. The number of H-pyrrole nitrogens is 1. The van der Waals surface area contributed by atoms with Gasteiger partial charge in [0.15, 0.2) is 0 Å². The average molecular weight is 246 g/mol. The van der Waals surface area contributed by atoms with Crippen molar-refractivity contribution in [3.63, 3.8) is 0 Å². The van der Waals surface area contributed by atoms with Crippen molar-refractivity contribution in [3.8, 4) is 0 Å². The molecule has 6 nitrogen and oxygen atoms in total. The van der Waals surface area contributed by atoms with Crippen LogP contribution in [0.5, 0.6) is 0 Å². The molecule has 0 aliphatic rings. The number of benzene rings is 1. The smallest absolute Gasteiger partial charge is 0.335 e. The lowest BCUT2D eigenvalue weighted by molar-refractivity contribution is 0.0696. The van der Waals surface area contributed by atoms with Gasteiger partial charge in [-0.15, -0.1) is 0 Å². The molecule has 0 saturated heterocycles. The molecule has 1 heterocycles. The molecule has 0 radical (unpaired) electrons. The number of nitrogens with one attached hydrogen (secondary N) is 1. The molecule has 6 heteroatoms. The van der Waals surface area contributed by atoms with Gasteiger partial charge in [-0.3, -0.25) is 14.3 Å². The molecule has 1 aromatic heterocycles. The second-order valence-corrected chi connectivity index (χ2v) is 3.74. The third-order valence-corrected chi connectivity index (χ3v) is 2.42. The quantitative estimate of drug-likeness (QED) is 0.813. The van der Waals surface area contributed by atoms with Gasteiger partial charge in [-0.1, -0.05) is 12.1 Å². The van der Waals surface area contributed by atoms with Crippen LogP contribution >= 0.6 is 0 Å². The van der Waals surface area contributed by atoms with E-state index >= 15 is 0 Å². The predicted molar refractivity (Wildman–Crippen MR) is 63.8 cm³/mol. The van der Waals surface area contributed by atoms with E-state index in [2.05, 4.69) is 4.98 Å². The fraction of sp³-hybridized carbons (Fsp3) is 0.0833. The van der Waals surface area contributed by atoms with E-state index < -0.39 is 17.2 Å². The fourth-order valence-corrected chi connectivity index (χ4v) is 1.57. The number of rotatable bonds is 3. The SMILES string of the molecule is O=C(O)c1cccc(Cn2ccc(=O)[nH]c2=O)c1. The Labute approximate surface area is 101 Å². The molecule has 0 unspecified atom stereocenters. The molecular formula is C12H10N2O4. The number of aromatic carboxylic acids is 1. The van der Waals surface area contributed by atoms with E-state index in [0.29, 0.717) is 5.56 Å². The number of carboxylic acid groups (broad SMARTS) is 1. The number of carbonyl (C=O) groups is 1. The topological polar surface area (TPSA) is 92.2 Å². The Morgan fingerprint density at radius 1 is 1.28 bits per heavy atom. The molecule has 0 spiro atoms. The van der Waals surface area contributed by atoms with Crippen molar-refractivity contribution in [2.45, 2.75) is 6.54 Å². The number of aromatic nitrogens is 2. The van der Waals surface area contributed by atoms with Crippen LogP contribution in [0.4, 0.5) is 0 Å². The maximum Gasteiger partial charge on any atom is 0.335 e. The Kier molecular flexibility index (Phi) is 3.09. The molecule has 92 valence electrons. The summed E-state index contributed by atoms with van der Waals surface area (Å²) in [7, 11) is 0. The molecule has 0 fully saturated rings. The van der Waals surface area contributed by atoms with Crippen molar-refractivity contribution < 1.29 is 9.90 Å². The van der Waals surface area contributed by atoms with E-state index in [0.717, 1.165) is 0 Å². The summed E-state index contributed by atoms with van der Waals surface area (Å²) in [6, 6.07) is 7.52. The summed E-state index contributed by atoms with van der Waals surface area (Å²) in [5.41, 5.74) is -0.159. The molecule has 0 saturated carbocycles. The molecule has 0 aliphatic carbocycles. The Morgan fingerprint density at radius 3 is 2.72 bits per heavy atom. The minimum Gasteiger partial charge on any atom is -0.478 e. The van der Waals surface area contributed by atoms with E-state index in [1.54, 1.807) is 12.1 Å². The van der Waals surface area contributed by atoms with Crippen LogP contribution < -0.4 is 11.2 Å². The fourth-order valence-electron chi connectivity index (χ4n) is 1.57. The summed E-state index contributed by atoms with van der Waals surface area (Å²) >= 11 is 0. The van der Waals surface area contributed by atoms with Gasteiger partial charge in [-0.25, -0.2) is 9.59 Å². The van der Waals surface area contributed by atoms with Gasteiger partial charge in [0.2, 0.25) is 0 Å². The lowest BCUT2D eigenvalue weighted by Gasteiger charge is -2.05. The molecule has 0 aliphatic heterocycles. The largest absolute Gasteiger partial charge is 0.478 e. The molecule has 0 atom stereocenters. The highest BCUT2D eigenvalue weighted by atomic mass is 16.4. The third kappa shape index (κ3) is 2.54. The maximum absolute atomic E-state index is 11.5. The number of carboxylic acids is 1. The number of hydrogen-bond acceptors (Lipinski definition) is 3. The molecule has 1 aromatic carbocycles. The Bertz CT molecular complexity index is 699. The summed E-state index contributed by atoms with van der Waals surface area (Å²) in [6.07, 6.45) is 1.37. The lowest BCUT2D eigenvalue weighted by Crippen LogP contribution is -2.28. The van der Waals surface area contributed by atoms with Gasteiger partial charge in [-0.05, 0) is 17.7 Å². The van der Waals surface area contributed by atoms with E-state index in [-0.39, 0.29) is 12.1 Å². The average Bonchev–Trinajstić information content (AvgIpc) is 2.33. The van der Waals surface area contributed by atoms with E-state index in [1.165, 1.54) is 29.0 Å². The summed E-state index contributed by atoms with van der Waals surface area (Å²) in [6.45, 7) is 0.205. The molecule has 2 N–H and O–H groups in total. The van der Waals surface area contributed by atoms with Crippen LogP contribution in [0.3, 0.4) is 0 Å². The van der Waals surface area contributed by atoms with Crippen molar-refractivity contribution in [3.05, 3.63) is 68.5 Å². The standard InChI is InChI=1S/C12H10N2O4/c15-10-4-5-14(12(18)13-10)7-8-2-1-3-9(6-8)11(16)17/h1-6H,7H2,(H,16,17)(H,13,15,18). The second kappa shape index (κ2) is 4.70. The third-order valence-electron chi connectivity index (χ3n) is 2.42. The highest BCUT2D eigenvalue weighted by molar-refractivity contribution is 5.87. The number of hydrogen-bond donors (Lipinski definition) is 2. The minimum absolute atomic E-state index is 0.157. The van der Waals surface area contributed by atoms with Gasteiger partial charge in [0.1, 0.15) is 0 Å². The van der Waals surface area contributed by atoms with Gasteiger partial charge in [0, 0.05) is 12.3 Å². The molecule has 2 rings (SSSR count). The Morgan fingerprint density at radius 2 is 2.06 bits per heavy atom. The maximum atomic E-state index is 11.5. The highest BCUT2D eigenvalue weighted by Gasteiger charge is 2.04. The summed E-state index contributed by atoms with van der Waals surface area (Å²) in [5, 5.41) is 8.85.